The Kier molecular flexibility index (Phi) is 8.75. The molecule has 2 aliphatic heterocycles. The minimum atomic E-state index is 0. The van der Waals surface area contributed by atoms with Gasteiger partial charge in [0.2, 0.25) is 0 Å². The average molecular weight is 464 g/mol. The average Bonchev–Trinajstić information content (AvgIpc) is 3.25. The van der Waals surface area contributed by atoms with Crippen LogP contribution in [0.1, 0.15) is 46.0 Å². The molecule has 0 bridgehead atoms. The fourth-order valence-electron chi connectivity index (χ4n) is 4.31. The highest BCUT2D eigenvalue weighted by atomic mass is 127. The molecule has 5 nitrogen and oxygen atoms in total. The lowest BCUT2D eigenvalue weighted by Crippen LogP contribution is -2.53. The van der Waals surface area contributed by atoms with Gasteiger partial charge >= 0.3 is 0 Å². The van der Waals surface area contributed by atoms with E-state index in [4.69, 9.17) is 9.73 Å². The van der Waals surface area contributed by atoms with Crippen molar-refractivity contribution in [2.75, 3.05) is 59.0 Å². The van der Waals surface area contributed by atoms with Crippen molar-refractivity contribution in [3.63, 3.8) is 0 Å². The van der Waals surface area contributed by atoms with E-state index in [0.717, 1.165) is 64.4 Å². The topological polar surface area (TPSA) is 40.1 Å². The maximum Gasteiger partial charge on any atom is 0.194 e. The van der Waals surface area contributed by atoms with Crippen LogP contribution in [0, 0.1) is 11.3 Å². The summed E-state index contributed by atoms with van der Waals surface area (Å²) >= 11 is 0. The van der Waals surface area contributed by atoms with Crippen molar-refractivity contribution in [1.29, 1.82) is 0 Å². The Morgan fingerprint density at radius 2 is 1.92 bits per heavy atom. The van der Waals surface area contributed by atoms with Crippen molar-refractivity contribution in [3.05, 3.63) is 0 Å². The summed E-state index contributed by atoms with van der Waals surface area (Å²) in [6, 6.07) is 0. The van der Waals surface area contributed by atoms with Gasteiger partial charge in [-0.25, -0.2) is 0 Å². The molecular formula is C19H37IN4O. The van der Waals surface area contributed by atoms with Gasteiger partial charge in [-0.2, -0.15) is 0 Å². The fraction of sp³-hybridized carbons (Fsp3) is 0.947. The SMILES string of the molecule is CCNC(=NCC1(C)CCCC1)N1CCN(CC2CCOC2)CC1.I. The van der Waals surface area contributed by atoms with Crippen molar-refractivity contribution >= 4 is 29.9 Å². The third-order valence-corrected chi connectivity index (χ3v) is 5.97. The van der Waals surface area contributed by atoms with Crippen molar-refractivity contribution in [3.8, 4) is 0 Å². The first-order valence-corrected chi connectivity index (χ1v) is 10.0. The predicted molar refractivity (Wildman–Crippen MR) is 115 cm³/mol. The molecule has 2 heterocycles. The minimum Gasteiger partial charge on any atom is -0.381 e. The van der Waals surface area contributed by atoms with E-state index in [-0.39, 0.29) is 24.0 Å². The number of halogens is 1. The summed E-state index contributed by atoms with van der Waals surface area (Å²) in [5, 5.41) is 3.52. The quantitative estimate of drug-likeness (QED) is 0.386. The number of piperazine rings is 1. The van der Waals surface area contributed by atoms with Crippen LogP contribution in [0.2, 0.25) is 0 Å². The monoisotopic (exact) mass is 464 g/mol. The lowest BCUT2D eigenvalue weighted by atomic mass is 9.89. The van der Waals surface area contributed by atoms with Gasteiger partial charge in [0.05, 0.1) is 6.61 Å². The second-order valence-corrected chi connectivity index (χ2v) is 8.21. The number of hydrogen-bond donors (Lipinski definition) is 1. The van der Waals surface area contributed by atoms with E-state index in [0.29, 0.717) is 5.41 Å². The second kappa shape index (κ2) is 10.3. The van der Waals surface area contributed by atoms with Crippen molar-refractivity contribution < 1.29 is 4.74 Å². The molecule has 25 heavy (non-hydrogen) atoms. The van der Waals surface area contributed by atoms with E-state index in [2.05, 4.69) is 29.0 Å². The predicted octanol–water partition coefficient (Wildman–Crippen LogP) is 2.80. The highest BCUT2D eigenvalue weighted by molar-refractivity contribution is 14.0. The standard InChI is InChI=1S/C19H36N4O.HI/c1-3-20-18(21-16-19(2)7-4-5-8-19)23-11-9-22(10-12-23)14-17-6-13-24-15-17;/h17H,3-16H2,1-2H3,(H,20,21);1H. The molecule has 146 valence electrons. The maximum atomic E-state index is 5.51. The van der Waals surface area contributed by atoms with Crippen molar-refractivity contribution in [1.82, 2.24) is 15.1 Å². The summed E-state index contributed by atoms with van der Waals surface area (Å²) in [6.07, 6.45) is 6.68. The molecule has 6 heteroatoms. The van der Waals surface area contributed by atoms with E-state index in [9.17, 15) is 0 Å². The van der Waals surface area contributed by atoms with Crippen molar-refractivity contribution in [2.24, 2.45) is 16.3 Å². The summed E-state index contributed by atoms with van der Waals surface area (Å²) in [5.74, 6) is 1.88. The third-order valence-electron chi connectivity index (χ3n) is 5.97. The number of guanidine groups is 1. The number of hydrogen-bond acceptors (Lipinski definition) is 3. The highest BCUT2D eigenvalue weighted by Crippen LogP contribution is 2.37. The molecule has 3 rings (SSSR count). The Balaban J connectivity index is 0.00000225. The summed E-state index contributed by atoms with van der Waals surface area (Å²) < 4.78 is 5.51. The normalized spacial score (nSPS) is 27.4. The van der Waals surface area contributed by atoms with Gasteiger partial charge < -0.3 is 15.0 Å². The van der Waals surface area contributed by atoms with E-state index >= 15 is 0 Å². The smallest absolute Gasteiger partial charge is 0.194 e. The van der Waals surface area contributed by atoms with Gasteiger partial charge in [0.1, 0.15) is 0 Å². The lowest BCUT2D eigenvalue weighted by Gasteiger charge is -2.37. The van der Waals surface area contributed by atoms with E-state index < -0.39 is 0 Å². The summed E-state index contributed by atoms with van der Waals surface area (Å²) in [7, 11) is 0. The molecule has 1 aliphatic carbocycles. The third kappa shape index (κ3) is 6.24. The first-order chi connectivity index (χ1) is 11.7. The van der Waals surface area contributed by atoms with Crippen LogP contribution in [0.25, 0.3) is 0 Å². The van der Waals surface area contributed by atoms with Gasteiger partial charge in [-0.05, 0) is 37.5 Å². The van der Waals surface area contributed by atoms with Gasteiger partial charge in [0, 0.05) is 52.4 Å². The molecule has 1 atom stereocenters. The number of nitrogens with one attached hydrogen (secondary N) is 1. The van der Waals surface area contributed by atoms with Crippen molar-refractivity contribution in [2.45, 2.75) is 46.0 Å². The van der Waals surface area contributed by atoms with Gasteiger partial charge in [-0.15, -0.1) is 24.0 Å². The van der Waals surface area contributed by atoms with Gasteiger partial charge in [-0.1, -0.05) is 19.8 Å². The molecule has 0 spiro atoms. The lowest BCUT2D eigenvalue weighted by molar-refractivity contribution is 0.139. The highest BCUT2D eigenvalue weighted by Gasteiger charge is 2.29. The molecule has 0 aromatic heterocycles. The van der Waals surface area contributed by atoms with Crippen LogP contribution >= 0.6 is 24.0 Å². The summed E-state index contributed by atoms with van der Waals surface area (Å²) in [4.78, 5) is 10.1. The van der Waals surface area contributed by atoms with E-state index in [1.165, 1.54) is 38.6 Å². The number of aliphatic imine (C=N–C) groups is 1. The molecule has 1 N–H and O–H groups in total. The Morgan fingerprint density at radius 1 is 1.20 bits per heavy atom. The molecule has 3 fully saturated rings. The molecule has 0 radical (unpaired) electrons. The first-order valence-electron chi connectivity index (χ1n) is 10.0. The molecule has 0 aromatic rings. The molecular weight excluding hydrogens is 427 g/mol. The van der Waals surface area contributed by atoms with Crippen LogP contribution in [-0.4, -0.2) is 74.8 Å². The van der Waals surface area contributed by atoms with Gasteiger partial charge in [0.15, 0.2) is 5.96 Å². The fourth-order valence-corrected chi connectivity index (χ4v) is 4.31. The Bertz CT molecular complexity index is 412. The molecule has 0 amide bonds. The van der Waals surface area contributed by atoms with Crippen LogP contribution in [0.5, 0.6) is 0 Å². The molecule has 1 saturated carbocycles. The maximum absolute atomic E-state index is 5.51. The Morgan fingerprint density at radius 3 is 2.52 bits per heavy atom. The zero-order valence-electron chi connectivity index (χ0n) is 16.1. The van der Waals surface area contributed by atoms with Crippen LogP contribution in [0.3, 0.4) is 0 Å². The van der Waals surface area contributed by atoms with Crippen LogP contribution < -0.4 is 5.32 Å². The summed E-state index contributed by atoms with van der Waals surface area (Å²) in [5.41, 5.74) is 0.435. The Labute approximate surface area is 171 Å². The number of ether oxygens (including phenoxy) is 1. The van der Waals surface area contributed by atoms with Crippen LogP contribution in [0.4, 0.5) is 0 Å². The molecule has 2 saturated heterocycles. The molecule has 0 aromatic carbocycles. The number of rotatable bonds is 5. The minimum absolute atomic E-state index is 0. The molecule has 1 unspecified atom stereocenters. The first kappa shape index (κ1) is 21.2. The second-order valence-electron chi connectivity index (χ2n) is 8.21. The van der Waals surface area contributed by atoms with Gasteiger partial charge in [0.25, 0.3) is 0 Å². The van der Waals surface area contributed by atoms with E-state index in [1.54, 1.807) is 0 Å². The zero-order chi connectivity index (χ0) is 16.8. The molecule has 3 aliphatic rings. The van der Waals surface area contributed by atoms with E-state index in [1.807, 2.05) is 0 Å². The van der Waals surface area contributed by atoms with Crippen LogP contribution in [-0.2, 0) is 4.74 Å². The zero-order valence-corrected chi connectivity index (χ0v) is 18.5. The number of nitrogens with zero attached hydrogens (tertiary/aromatic N) is 3. The Hall–Kier alpha value is -0.0800. The van der Waals surface area contributed by atoms with Crippen LogP contribution in [0.15, 0.2) is 4.99 Å². The summed E-state index contributed by atoms with van der Waals surface area (Å²) in [6.45, 7) is 14.1. The largest absolute Gasteiger partial charge is 0.381 e. The van der Waals surface area contributed by atoms with Gasteiger partial charge in [-0.3, -0.25) is 9.89 Å².